The molecule has 0 aliphatic rings. The number of amides is 8. The van der Waals surface area contributed by atoms with Crippen molar-refractivity contribution >= 4 is 47.3 Å². The van der Waals surface area contributed by atoms with E-state index >= 15 is 0 Å². The van der Waals surface area contributed by atoms with E-state index in [1.807, 2.05) is 0 Å². The molecule has 96 heavy (non-hydrogen) atoms. The van der Waals surface area contributed by atoms with Crippen LogP contribution in [0.5, 0.6) is 0 Å². The summed E-state index contributed by atoms with van der Waals surface area (Å²) in [5, 5.41) is 23.4. The lowest BCUT2D eigenvalue weighted by Crippen LogP contribution is -2.47. The molecule has 0 unspecified atom stereocenters. The summed E-state index contributed by atoms with van der Waals surface area (Å²) in [6.07, 6.45) is 52.4. The van der Waals surface area contributed by atoms with Crippen molar-refractivity contribution in [2.45, 2.75) is 348 Å². The van der Waals surface area contributed by atoms with Gasteiger partial charge in [-0.2, -0.15) is 0 Å². The number of pyridine rings is 2. The van der Waals surface area contributed by atoms with Crippen molar-refractivity contribution in [2.75, 3.05) is 39.3 Å². The summed E-state index contributed by atoms with van der Waals surface area (Å²) in [7, 11) is 0. The molecule has 8 amide bonds. The molecule has 0 aromatic carbocycles. The molecular weight excluding hydrogens is 1200 g/mol. The van der Waals surface area contributed by atoms with Gasteiger partial charge in [-0.25, -0.2) is 0 Å². The molecular formula is C78H136N10O8. The Morgan fingerprint density at radius 3 is 0.792 bits per heavy atom. The van der Waals surface area contributed by atoms with Gasteiger partial charge < -0.3 is 42.5 Å². The Balaban J connectivity index is 1.82. The molecule has 0 fully saturated rings. The highest BCUT2D eigenvalue weighted by atomic mass is 16.2. The molecule has 0 radical (unpaired) electrons. The monoisotopic (exact) mass is 1340 g/mol. The maximum absolute atomic E-state index is 13.4. The largest absolute Gasteiger partial charge is 0.356 e. The van der Waals surface area contributed by atoms with Crippen LogP contribution in [0.4, 0.5) is 0 Å². The molecule has 0 saturated carbocycles. The third-order valence-electron chi connectivity index (χ3n) is 18.0. The molecule has 2 aromatic heterocycles. The third kappa shape index (κ3) is 47.9. The molecule has 0 saturated heterocycles. The van der Waals surface area contributed by atoms with Gasteiger partial charge in [0.2, 0.25) is 35.4 Å². The van der Waals surface area contributed by atoms with E-state index in [0.717, 1.165) is 77.0 Å². The van der Waals surface area contributed by atoms with Gasteiger partial charge in [0.05, 0.1) is 22.5 Å². The fourth-order valence-corrected chi connectivity index (χ4v) is 11.8. The first kappa shape index (κ1) is 86.1. The standard InChI is InChI=1S/C78H136N10O8/c1-5-9-13-17-21-25-29-33-37-41-57-79-71(89)55-53-69(77(95)83-59-43-39-35-31-27-23-19-15-11-7-3)87-73(91)47-45-61-81-75(93)65-49-51-67(85-63-65)68-52-50-66(64-86-68)76(94)82-62-46-48-74(92)88-70(78(96)84-60-44-40-36-32-28-24-20-16-12-8-4)54-56-72(90)80-58-42-38-34-30-26-22-18-14-10-6-2/h49-52,63-64,69-70H,5-48,53-62H2,1-4H3,(H,79,89)(H,80,90)(H,81,93)(H,82,94)(H,83,95)(H,84,96)(H,87,91)(H,88,92)/t69-,70-/m0/s1. The highest BCUT2D eigenvalue weighted by Gasteiger charge is 2.24. The minimum absolute atomic E-state index is 0.0750. The summed E-state index contributed by atoms with van der Waals surface area (Å²) in [4.78, 5) is 114. The second-order valence-electron chi connectivity index (χ2n) is 26.9. The van der Waals surface area contributed by atoms with Crippen LogP contribution < -0.4 is 42.5 Å². The predicted octanol–water partition coefficient (Wildman–Crippen LogP) is 15.8. The molecule has 2 rings (SSSR count). The number of carbonyl (C=O) groups excluding carboxylic acids is 8. The Morgan fingerprint density at radius 1 is 0.281 bits per heavy atom. The van der Waals surface area contributed by atoms with Gasteiger partial charge in [-0.1, -0.05) is 259 Å². The van der Waals surface area contributed by atoms with Crippen molar-refractivity contribution < 1.29 is 38.4 Å². The number of rotatable bonds is 65. The normalized spacial score (nSPS) is 11.8. The summed E-state index contributed by atoms with van der Waals surface area (Å²) in [5.74, 6) is -2.24. The van der Waals surface area contributed by atoms with E-state index in [9.17, 15) is 38.4 Å². The van der Waals surface area contributed by atoms with Crippen LogP contribution in [0, 0.1) is 0 Å². The fourth-order valence-electron chi connectivity index (χ4n) is 11.8. The number of nitrogens with zero attached hydrogens (tertiary/aromatic N) is 2. The average Bonchev–Trinajstić information content (AvgIpc) is 1.06. The third-order valence-corrected chi connectivity index (χ3v) is 18.0. The minimum atomic E-state index is -0.850. The van der Waals surface area contributed by atoms with E-state index in [1.165, 1.54) is 192 Å². The number of unbranched alkanes of at least 4 members (excludes halogenated alkanes) is 36. The lowest BCUT2D eigenvalue weighted by Gasteiger charge is -2.19. The van der Waals surface area contributed by atoms with Crippen molar-refractivity contribution in [3.63, 3.8) is 0 Å². The number of hydrogen-bond acceptors (Lipinski definition) is 10. The van der Waals surface area contributed by atoms with E-state index in [4.69, 9.17) is 0 Å². The number of carbonyl (C=O) groups is 8. The lowest BCUT2D eigenvalue weighted by atomic mass is 10.1. The smallest absolute Gasteiger partial charge is 0.252 e. The van der Waals surface area contributed by atoms with Crippen LogP contribution in [0.15, 0.2) is 36.7 Å². The van der Waals surface area contributed by atoms with Crippen LogP contribution in [0.25, 0.3) is 11.4 Å². The Kier molecular flexibility index (Phi) is 55.1. The molecule has 546 valence electrons. The van der Waals surface area contributed by atoms with Gasteiger partial charge in [0.15, 0.2) is 0 Å². The molecule has 0 aliphatic heterocycles. The fraction of sp³-hybridized carbons (Fsp3) is 0.769. The van der Waals surface area contributed by atoms with Crippen LogP contribution in [0.3, 0.4) is 0 Å². The van der Waals surface area contributed by atoms with Gasteiger partial charge in [0.1, 0.15) is 12.1 Å². The molecule has 0 aliphatic carbocycles. The molecule has 0 bridgehead atoms. The number of nitrogens with one attached hydrogen (secondary N) is 8. The van der Waals surface area contributed by atoms with E-state index in [1.54, 1.807) is 24.3 Å². The predicted molar refractivity (Wildman–Crippen MR) is 392 cm³/mol. The molecule has 2 heterocycles. The summed E-state index contributed by atoms with van der Waals surface area (Å²) < 4.78 is 0. The number of aromatic nitrogens is 2. The summed E-state index contributed by atoms with van der Waals surface area (Å²) in [6.45, 7) is 11.6. The molecule has 18 nitrogen and oxygen atoms in total. The van der Waals surface area contributed by atoms with E-state index in [0.29, 0.717) is 61.5 Å². The lowest BCUT2D eigenvalue weighted by molar-refractivity contribution is -0.130. The zero-order valence-corrected chi connectivity index (χ0v) is 61.0. The quantitative estimate of drug-likeness (QED) is 0.0291. The average molecular weight is 1340 g/mol. The van der Waals surface area contributed by atoms with Gasteiger partial charge in [0, 0.05) is 77.3 Å². The molecule has 2 atom stereocenters. The van der Waals surface area contributed by atoms with Gasteiger partial charge in [-0.05, 0) is 75.6 Å². The summed E-state index contributed by atoms with van der Waals surface area (Å²) in [5.41, 5.74) is 1.61. The first-order valence-corrected chi connectivity index (χ1v) is 39.1. The Hall–Kier alpha value is -5.94. The Labute approximate surface area is 581 Å². The summed E-state index contributed by atoms with van der Waals surface area (Å²) >= 11 is 0. The van der Waals surface area contributed by atoms with Crippen molar-refractivity contribution in [2.24, 2.45) is 0 Å². The zero-order valence-electron chi connectivity index (χ0n) is 61.0. The van der Waals surface area contributed by atoms with Gasteiger partial charge in [0.25, 0.3) is 11.8 Å². The zero-order chi connectivity index (χ0) is 69.6. The van der Waals surface area contributed by atoms with Crippen LogP contribution in [-0.4, -0.2) is 109 Å². The van der Waals surface area contributed by atoms with Crippen molar-refractivity contribution in [1.29, 1.82) is 0 Å². The minimum Gasteiger partial charge on any atom is -0.356 e. The van der Waals surface area contributed by atoms with E-state index < -0.39 is 12.1 Å². The van der Waals surface area contributed by atoms with Crippen molar-refractivity contribution in [1.82, 2.24) is 52.5 Å². The highest BCUT2D eigenvalue weighted by molar-refractivity contribution is 5.95. The molecule has 0 spiro atoms. The maximum Gasteiger partial charge on any atom is 0.252 e. The molecule has 2 aromatic rings. The summed E-state index contributed by atoms with van der Waals surface area (Å²) in [6, 6.07) is 4.88. The second kappa shape index (κ2) is 61.4. The molecule has 18 heteroatoms. The van der Waals surface area contributed by atoms with E-state index in [-0.39, 0.29) is 98.9 Å². The van der Waals surface area contributed by atoms with Gasteiger partial charge in [-0.3, -0.25) is 48.3 Å². The van der Waals surface area contributed by atoms with Crippen molar-refractivity contribution in [3.05, 3.63) is 47.8 Å². The SMILES string of the molecule is CCCCCCCCCCCCNC(=O)CC[C@H](NC(=O)CCCNC(=O)c1ccc(-c2ccc(C(=O)NCCCC(=O)N[C@@H](CCC(=O)NCCCCCCCCCCCC)C(=O)NCCCCCCCCCCCC)cn2)nc1)C(=O)NCCCCCCCCCCCC. The Morgan fingerprint density at radius 2 is 0.531 bits per heavy atom. The van der Waals surface area contributed by atoms with Crippen LogP contribution in [-0.2, 0) is 28.8 Å². The molecule has 8 N–H and O–H groups in total. The van der Waals surface area contributed by atoms with Gasteiger partial charge in [-0.15, -0.1) is 0 Å². The first-order chi connectivity index (χ1) is 46.9. The van der Waals surface area contributed by atoms with Crippen LogP contribution >= 0.6 is 0 Å². The van der Waals surface area contributed by atoms with E-state index in [2.05, 4.69) is 80.2 Å². The number of hydrogen-bond donors (Lipinski definition) is 8. The van der Waals surface area contributed by atoms with Crippen molar-refractivity contribution in [3.8, 4) is 11.4 Å². The van der Waals surface area contributed by atoms with Gasteiger partial charge >= 0.3 is 0 Å². The first-order valence-electron chi connectivity index (χ1n) is 39.1. The van der Waals surface area contributed by atoms with Crippen LogP contribution in [0.2, 0.25) is 0 Å². The topological polar surface area (TPSA) is 259 Å². The maximum atomic E-state index is 13.4. The highest BCUT2D eigenvalue weighted by Crippen LogP contribution is 2.18. The second-order valence-corrected chi connectivity index (χ2v) is 26.9. The van der Waals surface area contributed by atoms with Crippen LogP contribution in [0.1, 0.15) is 357 Å². The Bertz CT molecular complexity index is 2160.